The molecule has 2 heterocycles. The normalized spacial score (nSPS) is 14.1. The van der Waals surface area contributed by atoms with Gasteiger partial charge in [-0.2, -0.15) is 0 Å². The number of urea groups is 1. The number of hydrogen-bond acceptors (Lipinski definition) is 5. The Kier molecular flexibility index (Phi) is 9.04. The summed E-state index contributed by atoms with van der Waals surface area (Å²) in [5, 5.41) is 1.03. The molecule has 1 aliphatic heterocycles. The number of fused-ring (bicyclic) bond motifs is 1. The lowest BCUT2D eigenvalue weighted by Gasteiger charge is -2.36. The number of esters is 1. The number of nitrogens with zero attached hydrogens (tertiary/aromatic N) is 3. The van der Waals surface area contributed by atoms with Gasteiger partial charge in [-0.1, -0.05) is 31.9 Å². The van der Waals surface area contributed by atoms with E-state index in [1.807, 2.05) is 83.8 Å². The van der Waals surface area contributed by atoms with Gasteiger partial charge in [0.2, 0.25) is 0 Å². The van der Waals surface area contributed by atoms with Gasteiger partial charge in [-0.05, 0) is 63.4 Å². The van der Waals surface area contributed by atoms with Crippen molar-refractivity contribution in [3.63, 3.8) is 0 Å². The number of benzene rings is 2. The second kappa shape index (κ2) is 12.5. The lowest BCUT2D eigenvalue weighted by molar-refractivity contribution is -0.155. The molecule has 39 heavy (non-hydrogen) atoms. The van der Waals surface area contributed by atoms with Crippen LogP contribution in [0.5, 0.6) is 11.5 Å². The van der Waals surface area contributed by atoms with E-state index in [1.54, 1.807) is 7.11 Å². The molecular formula is C31H41N3O5. The summed E-state index contributed by atoms with van der Waals surface area (Å²) in [6, 6.07) is 13.7. The first kappa shape index (κ1) is 28.3. The average molecular weight is 536 g/mol. The van der Waals surface area contributed by atoms with Gasteiger partial charge in [0.25, 0.3) is 0 Å². The van der Waals surface area contributed by atoms with E-state index in [4.69, 9.17) is 14.2 Å². The molecule has 0 radical (unpaired) electrons. The number of ether oxygens (including phenoxy) is 3. The number of rotatable bonds is 11. The lowest BCUT2D eigenvalue weighted by atomic mass is 10.1. The highest BCUT2D eigenvalue weighted by Gasteiger charge is 2.28. The number of amides is 2. The van der Waals surface area contributed by atoms with Gasteiger partial charge < -0.3 is 23.7 Å². The highest BCUT2D eigenvalue weighted by Crippen LogP contribution is 2.34. The maximum Gasteiger partial charge on any atom is 0.326 e. The predicted octanol–water partition coefficient (Wildman–Crippen LogP) is 6.39. The fourth-order valence-electron chi connectivity index (χ4n) is 4.93. The van der Waals surface area contributed by atoms with Crippen LogP contribution in [0.25, 0.3) is 10.9 Å². The predicted molar refractivity (Wildman–Crippen MR) is 154 cm³/mol. The van der Waals surface area contributed by atoms with Crippen molar-refractivity contribution in [2.75, 3.05) is 31.7 Å². The molecule has 1 fully saturated rings. The van der Waals surface area contributed by atoms with Crippen LogP contribution in [0.15, 0.2) is 48.7 Å². The van der Waals surface area contributed by atoms with E-state index in [0.717, 1.165) is 47.8 Å². The minimum absolute atomic E-state index is 0.0338. The summed E-state index contributed by atoms with van der Waals surface area (Å²) >= 11 is 0. The highest BCUT2D eigenvalue weighted by atomic mass is 16.6. The maximum absolute atomic E-state index is 13.6. The van der Waals surface area contributed by atoms with E-state index < -0.39 is 5.60 Å². The number of carbonyl (C=O) groups excluding carboxylic acids is 2. The smallest absolute Gasteiger partial charge is 0.326 e. The van der Waals surface area contributed by atoms with Crippen LogP contribution in [0, 0.1) is 0 Å². The summed E-state index contributed by atoms with van der Waals surface area (Å²) < 4.78 is 18.9. The van der Waals surface area contributed by atoms with Gasteiger partial charge in [-0.25, -0.2) is 4.79 Å². The molecule has 1 saturated heterocycles. The van der Waals surface area contributed by atoms with Crippen LogP contribution < -0.4 is 14.4 Å². The molecular weight excluding hydrogens is 494 g/mol. The molecule has 0 N–H and O–H groups in total. The number of anilines is 1. The zero-order valence-electron chi connectivity index (χ0n) is 23.9. The molecule has 2 amide bonds. The minimum Gasteiger partial charge on any atom is -0.493 e. The first-order valence-electron chi connectivity index (χ1n) is 13.9. The molecule has 0 aliphatic carbocycles. The second-order valence-corrected chi connectivity index (χ2v) is 11.0. The first-order valence-corrected chi connectivity index (χ1v) is 13.9. The van der Waals surface area contributed by atoms with Gasteiger partial charge >= 0.3 is 12.0 Å². The van der Waals surface area contributed by atoms with Crippen molar-refractivity contribution in [1.29, 1.82) is 0 Å². The summed E-state index contributed by atoms with van der Waals surface area (Å²) in [5.41, 5.74) is 2.26. The zero-order chi connectivity index (χ0) is 28.0. The number of carbonyl (C=O) groups is 2. The number of hydrogen-bond donors (Lipinski definition) is 0. The molecule has 1 aromatic heterocycles. The molecule has 0 bridgehead atoms. The van der Waals surface area contributed by atoms with Crippen LogP contribution in [0.3, 0.4) is 0 Å². The van der Waals surface area contributed by atoms with Crippen LogP contribution in [-0.4, -0.2) is 53.9 Å². The summed E-state index contributed by atoms with van der Waals surface area (Å²) in [5.74, 6) is 1.05. The zero-order valence-corrected chi connectivity index (χ0v) is 23.9. The van der Waals surface area contributed by atoms with Gasteiger partial charge in [0.05, 0.1) is 13.7 Å². The maximum atomic E-state index is 13.6. The molecule has 4 rings (SSSR count). The number of aromatic nitrogens is 1. The molecule has 8 nitrogen and oxygen atoms in total. The van der Waals surface area contributed by atoms with Crippen LogP contribution in [0.2, 0.25) is 0 Å². The molecule has 0 atom stereocenters. The SMILES string of the molecule is CCCCCOc1cc(N2CCCN(Cc3cccc4c3ccn4CC(=O)OC(C)(C)C)C2=O)ccc1OC. The quantitative estimate of drug-likeness (QED) is 0.210. The minimum atomic E-state index is -0.530. The van der Waals surface area contributed by atoms with Crippen molar-refractivity contribution < 1.29 is 23.8 Å². The third-order valence-corrected chi connectivity index (χ3v) is 6.76. The van der Waals surface area contributed by atoms with E-state index in [2.05, 4.69) is 6.92 Å². The highest BCUT2D eigenvalue weighted by molar-refractivity contribution is 5.93. The summed E-state index contributed by atoms with van der Waals surface area (Å²) in [4.78, 5) is 29.7. The van der Waals surface area contributed by atoms with Crippen molar-refractivity contribution in [2.45, 2.75) is 72.1 Å². The molecule has 2 aromatic carbocycles. The first-order chi connectivity index (χ1) is 18.7. The Balaban J connectivity index is 1.49. The Hall–Kier alpha value is -3.68. The van der Waals surface area contributed by atoms with E-state index >= 15 is 0 Å². The van der Waals surface area contributed by atoms with E-state index in [9.17, 15) is 9.59 Å². The summed E-state index contributed by atoms with van der Waals surface area (Å²) in [6.07, 6.45) is 5.98. The topological polar surface area (TPSA) is 73.2 Å². The Labute approximate surface area is 231 Å². The van der Waals surface area contributed by atoms with Crippen molar-refractivity contribution >= 4 is 28.6 Å². The summed E-state index contributed by atoms with van der Waals surface area (Å²) in [7, 11) is 1.63. The van der Waals surface area contributed by atoms with Crippen LogP contribution in [0.4, 0.5) is 10.5 Å². The monoisotopic (exact) mass is 535 g/mol. The fraction of sp³-hybridized carbons (Fsp3) is 0.484. The molecule has 210 valence electrons. The second-order valence-electron chi connectivity index (χ2n) is 11.0. The Bertz CT molecular complexity index is 1290. The molecule has 0 unspecified atom stereocenters. The third kappa shape index (κ3) is 7.05. The standard InChI is InChI=1S/C31H41N3O5/c1-6-7-8-19-38-28-20-24(13-14-27(28)37-5)34-17-10-16-33(30(34)36)21-23-11-9-12-26-25(23)15-18-32(26)22-29(35)39-31(2,3)4/h9,11-15,18,20H,6-8,10,16-17,19,21-22H2,1-5H3. The van der Waals surface area contributed by atoms with Crippen molar-refractivity contribution in [3.05, 3.63) is 54.2 Å². The van der Waals surface area contributed by atoms with Gasteiger partial charge in [-0.15, -0.1) is 0 Å². The largest absolute Gasteiger partial charge is 0.493 e. The molecule has 0 saturated carbocycles. The van der Waals surface area contributed by atoms with E-state index in [-0.39, 0.29) is 18.5 Å². The van der Waals surface area contributed by atoms with E-state index in [1.165, 1.54) is 0 Å². The third-order valence-electron chi connectivity index (χ3n) is 6.76. The molecule has 0 spiro atoms. The van der Waals surface area contributed by atoms with Crippen LogP contribution >= 0.6 is 0 Å². The lowest BCUT2D eigenvalue weighted by Crippen LogP contribution is -2.49. The van der Waals surface area contributed by atoms with E-state index in [0.29, 0.717) is 37.7 Å². The van der Waals surface area contributed by atoms with Crippen LogP contribution in [-0.2, 0) is 22.6 Å². The fourth-order valence-corrected chi connectivity index (χ4v) is 4.93. The van der Waals surface area contributed by atoms with Crippen molar-refractivity contribution in [1.82, 2.24) is 9.47 Å². The molecule has 8 heteroatoms. The van der Waals surface area contributed by atoms with Crippen molar-refractivity contribution in [3.8, 4) is 11.5 Å². The Morgan fingerprint density at radius 1 is 1.03 bits per heavy atom. The van der Waals surface area contributed by atoms with Gasteiger partial charge in [0.1, 0.15) is 12.1 Å². The number of methoxy groups -OCH3 is 1. The van der Waals surface area contributed by atoms with Crippen molar-refractivity contribution in [2.24, 2.45) is 0 Å². The molecule has 1 aliphatic rings. The molecule has 3 aromatic rings. The Morgan fingerprint density at radius 2 is 1.85 bits per heavy atom. The van der Waals surface area contributed by atoms with Crippen LogP contribution in [0.1, 0.15) is 58.9 Å². The van der Waals surface area contributed by atoms with Gasteiger partial charge in [0.15, 0.2) is 11.5 Å². The Morgan fingerprint density at radius 3 is 2.59 bits per heavy atom. The van der Waals surface area contributed by atoms with Gasteiger partial charge in [-0.3, -0.25) is 9.69 Å². The summed E-state index contributed by atoms with van der Waals surface area (Å²) in [6.45, 7) is 10.3. The average Bonchev–Trinajstić information content (AvgIpc) is 3.30. The number of unbranched alkanes of at least 4 members (excludes halogenated alkanes) is 2. The van der Waals surface area contributed by atoms with Gasteiger partial charge in [0, 0.05) is 48.5 Å².